The van der Waals surface area contributed by atoms with Gasteiger partial charge in [-0.1, -0.05) is 12.1 Å². The lowest BCUT2D eigenvalue weighted by atomic mass is 10.3. The minimum absolute atomic E-state index is 0.173. The lowest BCUT2D eigenvalue weighted by Gasteiger charge is -2.14. The van der Waals surface area contributed by atoms with Crippen LogP contribution in [-0.2, 0) is 9.53 Å². The Hall–Kier alpha value is -0.780. The number of methoxy groups -OCH3 is 1. The Morgan fingerprint density at radius 1 is 1.47 bits per heavy atom. The summed E-state index contributed by atoms with van der Waals surface area (Å²) < 4.78 is 11.2. The summed E-state index contributed by atoms with van der Waals surface area (Å²) in [6.07, 6.45) is 0.0925. The minimum Gasteiger partial charge on any atom is -0.489 e. The molecule has 0 amide bonds. The van der Waals surface area contributed by atoms with Crippen LogP contribution in [-0.4, -0.2) is 19.2 Å². The fraction of sp³-hybridized carbons (Fsp3) is 0.364. The summed E-state index contributed by atoms with van der Waals surface area (Å²) in [5, 5.41) is 0. The Morgan fingerprint density at radius 2 is 2.13 bits per heavy atom. The predicted octanol–water partition coefficient (Wildman–Crippen LogP) is 2.62. The molecule has 3 nitrogen and oxygen atoms in total. The summed E-state index contributed by atoms with van der Waals surface area (Å²) in [5.41, 5.74) is 0. The monoisotopic (exact) mass is 320 g/mol. The van der Waals surface area contributed by atoms with Crippen molar-refractivity contribution in [1.82, 2.24) is 0 Å². The van der Waals surface area contributed by atoms with Crippen LogP contribution in [0.2, 0.25) is 0 Å². The van der Waals surface area contributed by atoms with Gasteiger partial charge in [-0.15, -0.1) is 0 Å². The highest BCUT2D eigenvalue weighted by atomic mass is 127. The third kappa shape index (κ3) is 4.07. The van der Waals surface area contributed by atoms with Crippen LogP contribution in [0.5, 0.6) is 5.75 Å². The molecule has 0 saturated carbocycles. The molecule has 0 heterocycles. The number of rotatable bonds is 4. The van der Waals surface area contributed by atoms with Crippen molar-refractivity contribution in [3.8, 4) is 5.75 Å². The number of hydrogen-bond donors (Lipinski definition) is 0. The number of carbonyl (C=O) groups is 1. The first-order valence-electron chi connectivity index (χ1n) is 4.61. The number of ether oxygens (including phenoxy) is 2. The molecule has 0 radical (unpaired) electrons. The molecule has 4 heteroatoms. The van der Waals surface area contributed by atoms with Crippen LogP contribution in [0.25, 0.3) is 0 Å². The highest BCUT2D eigenvalue weighted by molar-refractivity contribution is 14.1. The largest absolute Gasteiger partial charge is 0.489 e. The zero-order valence-corrected chi connectivity index (χ0v) is 10.9. The van der Waals surface area contributed by atoms with Gasteiger partial charge in [0.1, 0.15) is 11.9 Å². The molecule has 1 aromatic carbocycles. The van der Waals surface area contributed by atoms with E-state index in [0.717, 1.165) is 9.32 Å². The van der Waals surface area contributed by atoms with Crippen LogP contribution < -0.4 is 4.74 Å². The number of para-hydroxylation sites is 1. The second kappa shape index (κ2) is 5.95. The molecular weight excluding hydrogens is 307 g/mol. The third-order valence-corrected chi connectivity index (χ3v) is 2.74. The van der Waals surface area contributed by atoms with Gasteiger partial charge in [0.2, 0.25) is 0 Å². The van der Waals surface area contributed by atoms with Gasteiger partial charge < -0.3 is 9.47 Å². The van der Waals surface area contributed by atoms with E-state index >= 15 is 0 Å². The highest BCUT2D eigenvalue weighted by Crippen LogP contribution is 2.21. The van der Waals surface area contributed by atoms with Crippen LogP contribution in [0, 0.1) is 3.57 Å². The van der Waals surface area contributed by atoms with Gasteiger partial charge in [-0.3, -0.25) is 4.79 Å². The molecule has 15 heavy (non-hydrogen) atoms. The van der Waals surface area contributed by atoms with E-state index in [1.54, 1.807) is 0 Å². The lowest BCUT2D eigenvalue weighted by molar-refractivity contribution is -0.142. The minimum atomic E-state index is -0.256. The molecule has 0 aliphatic carbocycles. The number of carbonyl (C=O) groups excluding carboxylic acids is 1. The summed E-state index contributed by atoms with van der Waals surface area (Å²) in [7, 11) is 1.38. The first-order valence-corrected chi connectivity index (χ1v) is 5.69. The molecule has 82 valence electrons. The molecule has 1 atom stereocenters. The van der Waals surface area contributed by atoms with E-state index in [4.69, 9.17) is 4.74 Å². The molecule has 0 saturated heterocycles. The SMILES string of the molecule is COC(=O)CC(C)Oc1ccccc1I. The zero-order chi connectivity index (χ0) is 11.3. The predicted molar refractivity (Wildman–Crippen MR) is 65.9 cm³/mol. The van der Waals surface area contributed by atoms with Gasteiger partial charge in [-0.2, -0.15) is 0 Å². The van der Waals surface area contributed by atoms with Gasteiger partial charge in [-0.25, -0.2) is 0 Å². The Kier molecular flexibility index (Phi) is 4.87. The first kappa shape index (κ1) is 12.3. The molecule has 0 aliphatic heterocycles. The van der Waals surface area contributed by atoms with Crippen LogP contribution in [0.3, 0.4) is 0 Å². The summed E-state index contributed by atoms with van der Waals surface area (Å²) in [6.45, 7) is 1.85. The molecule has 0 N–H and O–H groups in total. The first-order chi connectivity index (χ1) is 7.13. The van der Waals surface area contributed by atoms with E-state index in [1.807, 2.05) is 31.2 Å². The molecule has 0 aliphatic rings. The van der Waals surface area contributed by atoms with Gasteiger partial charge in [-0.05, 0) is 41.6 Å². The molecular formula is C11H13IO3. The van der Waals surface area contributed by atoms with E-state index in [-0.39, 0.29) is 18.5 Å². The smallest absolute Gasteiger partial charge is 0.309 e. The van der Waals surface area contributed by atoms with E-state index in [1.165, 1.54) is 7.11 Å². The van der Waals surface area contributed by atoms with Crippen molar-refractivity contribution in [2.24, 2.45) is 0 Å². The van der Waals surface area contributed by atoms with Gasteiger partial charge in [0.15, 0.2) is 0 Å². The molecule has 1 rings (SSSR count). The third-order valence-electron chi connectivity index (χ3n) is 1.85. The average Bonchev–Trinajstić information content (AvgIpc) is 2.21. The normalized spacial score (nSPS) is 11.9. The average molecular weight is 320 g/mol. The molecule has 1 unspecified atom stereocenters. The second-order valence-corrected chi connectivity index (χ2v) is 4.30. The molecule has 0 aromatic heterocycles. The second-order valence-electron chi connectivity index (χ2n) is 3.14. The quantitative estimate of drug-likeness (QED) is 0.632. The standard InChI is InChI=1S/C11H13IO3/c1-8(7-11(13)14-2)15-10-6-4-3-5-9(10)12/h3-6,8H,7H2,1-2H3. The molecule has 0 fully saturated rings. The Balaban J connectivity index is 2.55. The van der Waals surface area contributed by atoms with E-state index in [0.29, 0.717) is 0 Å². The van der Waals surface area contributed by atoms with Crippen LogP contribution in [0.1, 0.15) is 13.3 Å². The van der Waals surface area contributed by atoms with Crippen LogP contribution in [0.15, 0.2) is 24.3 Å². The number of hydrogen-bond acceptors (Lipinski definition) is 3. The maximum Gasteiger partial charge on any atom is 0.309 e. The summed E-state index contributed by atoms with van der Waals surface area (Å²) in [6, 6.07) is 7.69. The Morgan fingerprint density at radius 3 is 2.73 bits per heavy atom. The van der Waals surface area contributed by atoms with Gasteiger partial charge >= 0.3 is 5.97 Å². The number of esters is 1. The summed E-state index contributed by atoms with van der Waals surface area (Å²) >= 11 is 2.20. The zero-order valence-electron chi connectivity index (χ0n) is 8.70. The fourth-order valence-electron chi connectivity index (χ4n) is 1.12. The van der Waals surface area contributed by atoms with Gasteiger partial charge in [0, 0.05) is 0 Å². The van der Waals surface area contributed by atoms with Gasteiger partial charge in [0.25, 0.3) is 0 Å². The van der Waals surface area contributed by atoms with Crippen molar-refractivity contribution in [2.45, 2.75) is 19.4 Å². The van der Waals surface area contributed by atoms with Gasteiger partial charge in [0.05, 0.1) is 17.1 Å². The topological polar surface area (TPSA) is 35.5 Å². The fourth-order valence-corrected chi connectivity index (χ4v) is 1.63. The Bertz CT molecular complexity index is 338. The number of benzene rings is 1. The van der Waals surface area contributed by atoms with Crippen molar-refractivity contribution in [3.63, 3.8) is 0 Å². The summed E-state index contributed by atoms with van der Waals surface area (Å²) in [5.74, 6) is 0.544. The van der Waals surface area contributed by atoms with E-state index < -0.39 is 0 Å². The maximum absolute atomic E-state index is 11.0. The van der Waals surface area contributed by atoms with Crippen LogP contribution >= 0.6 is 22.6 Å². The van der Waals surface area contributed by atoms with E-state index in [2.05, 4.69) is 27.3 Å². The van der Waals surface area contributed by atoms with Crippen molar-refractivity contribution in [2.75, 3.05) is 7.11 Å². The van der Waals surface area contributed by atoms with Crippen molar-refractivity contribution < 1.29 is 14.3 Å². The van der Waals surface area contributed by atoms with Crippen molar-refractivity contribution in [1.29, 1.82) is 0 Å². The highest BCUT2D eigenvalue weighted by Gasteiger charge is 2.11. The van der Waals surface area contributed by atoms with E-state index in [9.17, 15) is 4.79 Å². The molecule has 0 spiro atoms. The van der Waals surface area contributed by atoms with Crippen LogP contribution in [0.4, 0.5) is 0 Å². The maximum atomic E-state index is 11.0. The molecule has 0 bridgehead atoms. The number of halogens is 1. The molecule has 1 aromatic rings. The summed E-state index contributed by atoms with van der Waals surface area (Å²) in [4.78, 5) is 11.0. The van der Waals surface area contributed by atoms with Crippen molar-refractivity contribution in [3.05, 3.63) is 27.8 Å². The Labute approximate surface area is 103 Å². The lowest BCUT2D eigenvalue weighted by Crippen LogP contribution is -2.18. The van der Waals surface area contributed by atoms with Crippen molar-refractivity contribution >= 4 is 28.6 Å².